The van der Waals surface area contributed by atoms with Crippen LogP contribution in [0.25, 0.3) is 0 Å². The van der Waals surface area contributed by atoms with Crippen molar-refractivity contribution in [1.82, 2.24) is 0 Å². The Balaban J connectivity index is 5.78. The second kappa shape index (κ2) is 5.79. The average molecular weight is 310 g/mol. The van der Waals surface area contributed by atoms with Crippen molar-refractivity contribution >= 4 is 5.97 Å². The molecule has 0 aliphatic rings. The van der Waals surface area contributed by atoms with Gasteiger partial charge in [0.2, 0.25) is 0 Å². The van der Waals surface area contributed by atoms with Crippen LogP contribution in [-0.2, 0) is 9.53 Å². The Morgan fingerprint density at radius 1 is 0.950 bits per heavy atom. The second-order valence-electron chi connectivity index (χ2n) is 5.02. The number of carbonyl (C=O) groups is 1. The molecule has 0 rings (SSSR count). The molecular weight excluding hydrogens is 294 g/mol. The number of alkyl halides is 6. The Bertz CT molecular complexity index is 331. The van der Waals surface area contributed by atoms with E-state index in [4.69, 9.17) is 0 Å². The van der Waals surface area contributed by atoms with Crippen LogP contribution in [0.15, 0.2) is 0 Å². The number of aliphatic hydroxyl groups is 1. The van der Waals surface area contributed by atoms with E-state index in [1.807, 2.05) is 0 Å². The van der Waals surface area contributed by atoms with Gasteiger partial charge in [-0.15, -0.1) is 0 Å². The smallest absolute Gasteiger partial charge is 0.430 e. The maximum Gasteiger partial charge on any atom is 0.430 e. The molecule has 0 spiro atoms. The van der Waals surface area contributed by atoms with E-state index in [9.17, 15) is 36.2 Å². The fourth-order valence-electron chi connectivity index (χ4n) is 1.45. The van der Waals surface area contributed by atoms with Crippen molar-refractivity contribution in [2.24, 2.45) is 11.8 Å². The highest BCUT2D eigenvalue weighted by Gasteiger charge is 2.75. The third-order valence-corrected chi connectivity index (χ3v) is 2.60. The number of carbonyl (C=O) groups excluding carboxylic acids is 1. The third-order valence-electron chi connectivity index (χ3n) is 2.60. The van der Waals surface area contributed by atoms with Gasteiger partial charge < -0.3 is 9.84 Å². The van der Waals surface area contributed by atoms with Gasteiger partial charge in [0.05, 0.1) is 5.92 Å². The van der Waals surface area contributed by atoms with Crippen LogP contribution in [0.5, 0.6) is 0 Å². The predicted octanol–water partition coefficient (Wildman–Crippen LogP) is 3.07. The van der Waals surface area contributed by atoms with E-state index >= 15 is 0 Å². The molecule has 0 aromatic carbocycles. The molecule has 1 unspecified atom stereocenters. The van der Waals surface area contributed by atoms with Crippen LogP contribution in [0.2, 0.25) is 0 Å². The maximum absolute atomic E-state index is 12.7. The lowest BCUT2D eigenvalue weighted by atomic mass is 9.87. The number of halogens is 6. The highest BCUT2D eigenvalue weighted by Crippen LogP contribution is 2.48. The highest BCUT2D eigenvalue weighted by molar-refractivity contribution is 5.71. The quantitative estimate of drug-likeness (QED) is 0.641. The fraction of sp³-hybridized carbons (Fsp3) is 0.909. The van der Waals surface area contributed by atoms with Gasteiger partial charge in [-0.1, -0.05) is 27.7 Å². The Labute approximate surface area is 111 Å². The molecular formula is C11H16F6O3. The monoisotopic (exact) mass is 310 g/mol. The zero-order chi connectivity index (χ0) is 16.5. The lowest BCUT2D eigenvalue weighted by Crippen LogP contribution is -2.66. The van der Waals surface area contributed by atoms with Crippen LogP contribution in [0.3, 0.4) is 0 Å². The van der Waals surface area contributed by atoms with Crippen LogP contribution < -0.4 is 0 Å². The topological polar surface area (TPSA) is 46.5 Å². The zero-order valence-corrected chi connectivity index (χ0v) is 11.3. The summed E-state index contributed by atoms with van der Waals surface area (Å²) in [6.07, 6.45) is -14.8. The Morgan fingerprint density at radius 3 is 1.50 bits per heavy atom. The molecule has 3 nitrogen and oxygen atoms in total. The summed E-state index contributed by atoms with van der Waals surface area (Å²) in [7, 11) is 0. The van der Waals surface area contributed by atoms with E-state index < -0.39 is 41.9 Å². The maximum atomic E-state index is 12.7. The van der Waals surface area contributed by atoms with E-state index in [0.29, 0.717) is 0 Å². The number of rotatable bonds is 4. The van der Waals surface area contributed by atoms with Gasteiger partial charge in [0.25, 0.3) is 5.60 Å². The summed E-state index contributed by atoms with van der Waals surface area (Å²) in [5, 5.41) is 9.22. The van der Waals surface area contributed by atoms with E-state index in [-0.39, 0.29) is 0 Å². The summed E-state index contributed by atoms with van der Waals surface area (Å²) in [4.78, 5) is 11.3. The molecule has 1 N–H and O–H groups in total. The first-order valence-electron chi connectivity index (χ1n) is 5.72. The molecule has 9 heteroatoms. The van der Waals surface area contributed by atoms with Crippen molar-refractivity contribution in [3.63, 3.8) is 0 Å². The first-order valence-corrected chi connectivity index (χ1v) is 5.72. The van der Waals surface area contributed by atoms with Gasteiger partial charge in [0.15, 0.2) is 6.10 Å². The minimum atomic E-state index is -6.03. The minimum Gasteiger partial charge on any atom is -0.458 e. The van der Waals surface area contributed by atoms with Crippen LogP contribution in [-0.4, -0.2) is 35.1 Å². The molecule has 1 atom stereocenters. The molecule has 0 amide bonds. The Morgan fingerprint density at radius 2 is 1.30 bits per heavy atom. The molecule has 0 saturated heterocycles. The van der Waals surface area contributed by atoms with Crippen LogP contribution in [0.4, 0.5) is 26.3 Å². The van der Waals surface area contributed by atoms with Crippen LogP contribution in [0, 0.1) is 11.8 Å². The van der Waals surface area contributed by atoms with Crippen molar-refractivity contribution in [3.05, 3.63) is 0 Å². The molecule has 0 aromatic rings. The van der Waals surface area contributed by atoms with Gasteiger partial charge in [0.1, 0.15) is 0 Å². The van der Waals surface area contributed by atoms with Crippen molar-refractivity contribution in [2.75, 3.05) is 0 Å². The van der Waals surface area contributed by atoms with E-state index in [1.165, 1.54) is 13.8 Å². The molecule has 0 fully saturated rings. The SMILES string of the molecule is CC(C)C(=O)OC(C(C)C)C(O)(C(F)(F)F)C(F)(F)F. The van der Waals surface area contributed by atoms with E-state index in [1.54, 1.807) is 0 Å². The summed E-state index contributed by atoms with van der Waals surface area (Å²) >= 11 is 0. The molecule has 120 valence electrons. The van der Waals surface area contributed by atoms with Gasteiger partial charge in [-0.3, -0.25) is 4.79 Å². The molecule has 0 aliphatic heterocycles. The van der Waals surface area contributed by atoms with Crippen molar-refractivity contribution < 1.29 is 41.0 Å². The number of ether oxygens (including phenoxy) is 1. The lowest BCUT2D eigenvalue weighted by molar-refractivity contribution is -0.395. The third kappa shape index (κ3) is 3.56. The number of hydrogen-bond acceptors (Lipinski definition) is 3. The molecule has 0 aromatic heterocycles. The molecule has 0 heterocycles. The van der Waals surface area contributed by atoms with Gasteiger partial charge in [-0.2, -0.15) is 26.3 Å². The highest BCUT2D eigenvalue weighted by atomic mass is 19.4. The second-order valence-corrected chi connectivity index (χ2v) is 5.02. The van der Waals surface area contributed by atoms with Gasteiger partial charge in [-0.05, 0) is 5.92 Å². The Hall–Kier alpha value is -0.990. The molecule has 0 bridgehead atoms. The number of esters is 1. The largest absolute Gasteiger partial charge is 0.458 e. The summed E-state index contributed by atoms with van der Waals surface area (Å²) < 4.78 is 80.5. The average Bonchev–Trinajstić information content (AvgIpc) is 2.20. The zero-order valence-electron chi connectivity index (χ0n) is 11.3. The van der Waals surface area contributed by atoms with Crippen LogP contribution in [0.1, 0.15) is 27.7 Å². The van der Waals surface area contributed by atoms with Crippen LogP contribution >= 0.6 is 0 Å². The first-order chi connectivity index (χ1) is 8.66. The summed E-state index contributed by atoms with van der Waals surface area (Å²) in [5.74, 6) is -3.58. The van der Waals surface area contributed by atoms with Gasteiger partial charge >= 0.3 is 18.3 Å². The molecule has 0 saturated carbocycles. The normalized spacial score (nSPS) is 15.7. The number of hydrogen-bond donors (Lipinski definition) is 1. The molecule has 0 aliphatic carbocycles. The molecule has 20 heavy (non-hydrogen) atoms. The standard InChI is InChI=1S/C11H16F6O3/c1-5(2)7(20-8(18)6(3)4)9(19,10(12,13)14)11(15,16)17/h5-7,19H,1-4H3. The Kier molecular flexibility index (Phi) is 5.50. The summed E-state index contributed by atoms with van der Waals surface area (Å²) in [6.45, 7) is 4.47. The molecule has 0 radical (unpaired) electrons. The fourth-order valence-corrected chi connectivity index (χ4v) is 1.45. The van der Waals surface area contributed by atoms with E-state index in [0.717, 1.165) is 13.8 Å². The predicted molar refractivity (Wildman–Crippen MR) is 56.6 cm³/mol. The minimum absolute atomic E-state index is 0.929. The first kappa shape index (κ1) is 19.0. The van der Waals surface area contributed by atoms with Gasteiger partial charge in [-0.25, -0.2) is 0 Å². The summed E-state index contributed by atoms with van der Waals surface area (Å²) in [6, 6.07) is 0. The van der Waals surface area contributed by atoms with Crippen molar-refractivity contribution in [1.29, 1.82) is 0 Å². The van der Waals surface area contributed by atoms with E-state index in [2.05, 4.69) is 4.74 Å². The van der Waals surface area contributed by atoms with Crippen molar-refractivity contribution in [2.45, 2.75) is 51.8 Å². The van der Waals surface area contributed by atoms with Crippen molar-refractivity contribution in [3.8, 4) is 0 Å². The summed E-state index contributed by atoms with van der Waals surface area (Å²) in [5.41, 5.74) is -5.11. The van der Waals surface area contributed by atoms with Gasteiger partial charge in [0, 0.05) is 0 Å². The lowest BCUT2D eigenvalue weighted by Gasteiger charge is -2.40.